The number of halogens is 1. The molecule has 6 heteroatoms. The molecule has 0 aliphatic heterocycles. The summed E-state index contributed by atoms with van der Waals surface area (Å²) in [6, 6.07) is 8.21. The molecule has 0 radical (unpaired) electrons. The van der Waals surface area contributed by atoms with Gasteiger partial charge in [-0.3, -0.25) is 4.68 Å². The molecule has 1 heterocycles. The van der Waals surface area contributed by atoms with Gasteiger partial charge in [0.05, 0.1) is 0 Å². The van der Waals surface area contributed by atoms with Crippen molar-refractivity contribution in [2.45, 2.75) is 19.4 Å². The number of carbonyl (C=O) groups is 1. The smallest absolute Gasteiger partial charge is 0.314 e. The molecule has 21 heavy (non-hydrogen) atoms. The molecule has 5 nitrogen and oxygen atoms in total. The van der Waals surface area contributed by atoms with E-state index < -0.39 is 0 Å². The van der Waals surface area contributed by atoms with Crippen molar-refractivity contribution in [3.8, 4) is 0 Å². The fourth-order valence-electron chi connectivity index (χ4n) is 1.95. The van der Waals surface area contributed by atoms with E-state index in [-0.39, 0.29) is 11.8 Å². The van der Waals surface area contributed by atoms with Gasteiger partial charge in [-0.15, -0.1) is 0 Å². The van der Waals surface area contributed by atoms with Crippen molar-refractivity contribution < 1.29 is 9.18 Å². The quantitative estimate of drug-likeness (QED) is 0.766. The van der Waals surface area contributed by atoms with E-state index in [9.17, 15) is 9.18 Å². The lowest BCUT2D eigenvalue weighted by molar-refractivity contribution is 0.240. The van der Waals surface area contributed by atoms with Gasteiger partial charge in [-0.2, -0.15) is 5.10 Å². The average molecular weight is 290 g/mol. The van der Waals surface area contributed by atoms with Crippen LogP contribution in [0.4, 0.5) is 9.18 Å². The lowest BCUT2D eigenvalue weighted by Gasteiger charge is -2.08. The maximum absolute atomic E-state index is 13.4. The molecule has 0 atom stereocenters. The highest BCUT2D eigenvalue weighted by molar-refractivity contribution is 5.73. The van der Waals surface area contributed by atoms with Crippen LogP contribution in [0.1, 0.15) is 12.0 Å². The third-order valence-electron chi connectivity index (χ3n) is 3.05. The van der Waals surface area contributed by atoms with Crippen LogP contribution < -0.4 is 10.6 Å². The Morgan fingerprint density at radius 3 is 2.76 bits per heavy atom. The second kappa shape index (κ2) is 8.04. The molecule has 0 fully saturated rings. The van der Waals surface area contributed by atoms with Crippen molar-refractivity contribution in [1.29, 1.82) is 0 Å². The number of rotatable bonds is 7. The molecule has 112 valence electrons. The van der Waals surface area contributed by atoms with Crippen molar-refractivity contribution in [2.24, 2.45) is 0 Å². The molecule has 2 N–H and O–H groups in total. The first-order valence-corrected chi connectivity index (χ1v) is 6.98. The maximum atomic E-state index is 13.4. The molecule has 1 aromatic carbocycles. The van der Waals surface area contributed by atoms with Crippen molar-refractivity contribution in [3.05, 3.63) is 54.1 Å². The molecule has 2 rings (SSSR count). The number of aryl methyl sites for hydroxylation is 1. The molecule has 0 bridgehead atoms. The average Bonchev–Trinajstić information content (AvgIpc) is 2.99. The van der Waals surface area contributed by atoms with Crippen LogP contribution in [0.15, 0.2) is 42.7 Å². The van der Waals surface area contributed by atoms with E-state index in [0.717, 1.165) is 13.0 Å². The zero-order valence-electron chi connectivity index (χ0n) is 11.8. The lowest BCUT2D eigenvalue weighted by atomic mass is 10.1. The van der Waals surface area contributed by atoms with Crippen LogP contribution in [0.2, 0.25) is 0 Å². The summed E-state index contributed by atoms with van der Waals surface area (Å²) in [5.74, 6) is -0.237. The minimum Gasteiger partial charge on any atom is -0.338 e. The van der Waals surface area contributed by atoms with Gasteiger partial charge < -0.3 is 10.6 Å². The Morgan fingerprint density at radius 1 is 1.19 bits per heavy atom. The summed E-state index contributed by atoms with van der Waals surface area (Å²) in [6.45, 7) is 1.75. The van der Waals surface area contributed by atoms with E-state index in [1.807, 2.05) is 16.9 Å². The Balaban J connectivity index is 1.56. The first kappa shape index (κ1) is 15.0. The molecule has 0 spiro atoms. The van der Waals surface area contributed by atoms with E-state index in [2.05, 4.69) is 15.7 Å². The number of nitrogens with zero attached hydrogens (tertiary/aromatic N) is 2. The largest absolute Gasteiger partial charge is 0.338 e. The topological polar surface area (TPSA) is 59.0 Å². The van der Waals surface area contributed by atoms with E-state index in [1.165, 1.54) is 6.07 Å². The van der Waals surface area contributed by atoms with Crippen LogP contribution in [0.25, 0.3) is 0 Å². The van der Waals surface area contributed by atoms with Crippen molar-refractivity contribution in [2.75, 3.05) is 13.1 Å². The summed E-state index contributed by atoms with van der Waals surface area (Å²) in [7, 11) is 0. The fourth-order valence-corrected chi connectivity index (χ4v) is 1.95. The van der Waals surface area contributed by atoms with E-state index in [4.69, 9.17) is 0 Å². The summed E-state index contributed by atoms with van der Waals surface area (Å²) in [5, 5.41) is 9.55. The number of nitrogens with one attached hydrogen (secondary N) is 2. The Labute approximate surface area is 123 Å². The standard InChI is InChI=1S/C15H19FN4O/c16-14-6-2-1-5-13(14)7-10-18-15(21)17-8-3-11-20-12-4-9-19-20/h1-2,4-6,9,12H,3,7-8,10-11H2,(H2,17,18,21). The predicted molar refractivity (Wildman–Crippen MR) is 78.3 cm³/mol. The third kappa shape index (κ3) is 5.25. The summed E-state index contributed by atoms with van der Waals surface area (Å²) in [5.41, 5.74) is 0.608. The first-order valence-electron chi connectivity index (χ1n) is 6.98. The molecular formula is C15H19FN4O. The molecule has 0 aliphatic carbocycles. The van der Waals surface area contributed by atoms with Crippen LogP contribution in [0, 0.1) is 5.82 Å². The molecule has 1 aromatic heterocycles. The van der Waals surface area contributed by atoms with Gasteiger partial charge in [0.2, 0.25) is 0 Å². The summed E-state index contributed by atoms with van der Waals surface area (Å²) in [6.07, 6.45) is 4.90. The number of amides is 2. The first-order chi connectivity index (χ1) is 10.3. The highest BCUT2D eigenvalue weighted by atomic mass is 19.1. The zero-order chi connectivity index (χ0) is 14.9. The van der Waals surface area contributed by atoms with Crippen LogP contribution >= 0.6 is 0 Å². The number of urea groups is 1. The molecule has 0 saturated carbocycles. The fraction of sp³-hybridized carbons (Fsp3) is 0.333. The summed E-state index contributed by atoms with van der Waals surface area (Å²) in [4.78, 5) is 11.5. The van der Waals surface area contributed by atoms with Gasteiger partial charge in [0, 0.05) is 32.0 Å². The van der Waals surface area contributed by atoms with Gasteiger partial charge in [-0.25, -0.2) is 9.18 Å². The van der Waals surface area contributed by atoms with E-state index in [1.54, 1.807) is 24.4 Å². The minimum atomic E-state index is -0.237. The summed E-state index contributed by atoms with van der Waals surface area (Å²) >= 11 is 0. The molecule has 0 aliphatic rings. The van der Waals surface area contributed by atoms with Crippen molar-refractivity contribution >= 4 is 6.03 Å². The van der Waals surface area contributed by atoms with Gasteiger partial charge in [0.1, 0.15) is 5.82 Å². The van der Waals surface area contributed by atoms with Crippen LogP contribution in [-0.2, 0) is 13.0 Å². The number of carbonyl (C=O) groups excluding carboxylic acids is 1. The Kier molecular flexibility index (Phi) is 5.75. The normalized spacial score (nSPS) is 10.3. The minimum absolute atomic E-state index is 0.230. The molecule has 0 saturated heterocycles. The van der Waals surface area contributed by atoms with E-state index >= 15 is 0 Å². The number of hydrogen-bond donors (Lipinski definition) is 2. The van der Waals surface area contributed by atoms with Gasteiger partial charge in [0.25, 0.3) is 0 Å². The second-order valence-corrected chi connectivity index (χ2v) is 4.65. The van der Waals surface area contributed by atoms with Gasteiger partial charge >= 0.3 is 6.03 Å². The maximum Gasteiger partial charge on any atom is 0.314 e. The monoisotopic (exact) mass is 290 g/mol. The number of hydrogen-bond acceptors (Lipinski definition) is 2. The van der Waals surface area contributed by atoms with Crippen LogP contribution in [0.5, 0.6) is 0 Å². The van der Waals surface area contributed by atoms with Crippen LogP contribution in [-0.4, -0.2) is 28.9 Å². The zero-order valence-corrected chi connectivity index (χ0v) is 11.8. The van der Waals surface area contributed by atoms with Crippen molar-refractivity contribution in [1.82, 2.24) is 20.4 Å². The third-order valence-corrected chi connectivity index (χ3v) is 3.05. The van der Waals surface area contributed by atoms with Crippen molar-refractivity contribution in [3.63, 3.8) is 0 Å². The Bertz CT molecular complexity index is 557. The highest BCUT2D eigenvalue weighted by Gasteiger charge is 2.02. The Hall–Kier alpha value is -2.37. The molecular weight excluding hydrogens is 271 g/mol. The Morgan fingerprint density at radius 2 is 2.00 bits per heavy atom. The second-order valence-electron chi connectivity index (χ2n) is 4.65. The van der Waals surface area contributed by atoms with Crippen LogP contribution in [0.3, 0.4) is 0 Å². The number of benzene rings is 1. The van der Waals surface area contributed by atoms with Gasteiger partial charge in [0.15, 0.2) is 0 Å². The number of aromatic nitrogens is 2. The lowest BCUT2D eigenvalue weighted by Crippen LogP contribution is -2.37. The SMILES string of the molecule is O=C(NCCCn1cccn1)NCCc1ccccc1F. The van der Waals surface area contributed by atoms with E-state index in [0.29, 0.717) is 25.1 Å². The molecule has 0 unspecified atom stereocenters. The summed E-state index contributed by atoms with van der Waals surface area (Å²) < 4.78 is 15.2. The molecule has 2 aromatic rings. The van der Waals surface area contributed by atoms with Gasteiger partial charge in [-0.05, 0) is 30.5 Å². The highest BCUT2D eigenvalue weighted by Crippen LogP contribution is 2.05. The molecule has 2 amide bonds. The predicted octanol–water partition coefficient (Wildman–Crippen LogP) is 1.95. The van der Waals surface area contributed by atoms with Gasteiger partial charge in [-0.1, -0.05) is 18.2 Å².